The third-order valence-corrected chi connectivity index (χ3v) is 4.80. The summed E-state index contributed by atoms with van der Waals surface area (Å²) in [6, 6.07) is 7.04. The molecule has 0 atom stereocenters. The largest absolute Gasteiger partial charge is 0.491 e. The van der Waals surface area contributed by atoms with Gasteiger partial charge in [0.05, 0.1) is 19.3 Å². The van der Waals surface area contributed by atoms with Crippen molar-refractivity contribution in [2.75, 3.05) is 39.2 Å². The molecule has 2 N–H and O–H groups in total. The molecule has 0 aliphatic carbocycles. The first-order valence-corrected chi connectivity index (χ1v) is 9.42. The first-order valence-electron chi connectivity index (χ1n) is 9.42. The second-order valence-electron chi connectivity index (χ2n) is 6.60. The summed E-state index contributed by atoms with van der Waals surface area (Å²) in [5.74, 6) is 1.77. The number of rotatable bonds is 6. The van der Waals surface area contributed by atoms with Crippen LogP contribution in [0.1, 0.15) is 15.9 Å². The van der Waals surface area contributed by atoms with Gasteiger partial charge in [-0.3, -0.25) is 19.6 Å². The molecule has 30 heavy (non-hydrogen) atoms. The Morgan fingerprint density at radius 3 is 2.93 bits per heavy atom. The molecular weight excluding hydrogens is 386 g/mol. The van der Waals surface area contributed by atoms with Crippen molar-refractivity contribution in [1.82, 2.24) is 15.2 Å². The van der Waals surface area contributed by atoms with Crippen LogP contribution in [0, 0.1) is 0 Å². The Morgan fingerprint density at radius 1 is 1.33 bits per heavy atom. The number of aliphatic imine (C=N–C) groups is 1. The smallest absolute Gasteiger partial charge is 0.257 e. The number of amidine groups is 1. The summed E-state index contributed by atoms with van der Waals surface area (Å²) in [4.78, 5) is 34.8. The van der Waals surface area contributed by atoms with Gasteiger partial charge in [-0.2, -0.15) is 0 Å². The molecule has 9 heteroatoms. The van der Waals surface area contributed by atoms with Crippen molar-refractivity contribution in [3.63, 3.8) is 0 Å². The van der Waals surface area contributed by atoms with Crippen molar-refractivity contribution in [3.05, 3.63) is 59.7 Å². The van der Waals surface area contributed by atoms with E-state index in [4.69, 9.17) is 9.47 Å². The molecule has 2 aliphatic rings. The van der Waals surface area contributed by atoms with Crippen LogP contribution < -0.4 is 20.1 Å². The molecule has 4 rings (SSSR count). The standard InChI is InChI=1S/C21H21N5O4/c1-22-18(28)12-30-16-6-5-14-19(20(16)29-2)25-17(26-9-8-24-21(14)26)10-15(27)13-4-3-7-23-11-13/h3-7,10-11,25H,8-9,12H2,1-2H3,(H,22,28). The number of fused-ring (bicyclic) bond motifs is 3. The third-order valence-electron chi connectivity index (χ3n) is 4.80. The lowest BCUT2D eigenvalue weighted by molar-refractivity contribution is -0.122. The topological polar surface area (TPSA) is 105 Å². The molecule has 0 bridgehead atoms. The Labute approximate surface area is 173 Å². The van der Waals surface area contributed by atoms with Crippen LogP contribution in [0.4, 0.5) is 5.69 Å². The van der Waals surface area contributed by atoms with Crippen LogP contribution in [0.25, 0.3) is 0 Å². The number of anilines is 1. The number of amides is 1. The van der Waals surface area contributed by atoms with Crippen LogP contribution in [0.15, 0.2) is 53.5 Å². The Hall–Kier alpha value is -3.88. The molecule has 0 unspecified atom stereocenters. The number of hydrogen-bond acceptors (Lipinski definition) is 8. The summed E-state index contributed by atoms with van der Waals surface area (Å²) in [7, 11) is 3.07. The van der Waals surface area contributed by atoms with Crippen LogP contribution in [0.2, 0.25) is 0 Å². The Balaban J connectivity index is 1.72. The molecular formula is C21H21N5O4. The Kier molecular flexibility index (Phi) is 5.34. The summed E-state index contributed by atoms with van der Waals surface area (Å²) in [5, 5.41) is 5.80. The molecule has 9 nitrogen and oxygen atoms in total. The van der Waals surface area contributed by atoms with Gasteiger partial charge >= 0.3 is 0 Å². The highest BCUT2D eigenvalue weighted by Crippen LogP contribution is 2.42. The Bertz CT molecular complexity index is 1050. The van der Waals surface area contributed by atoms with Crippen molar-refractivity contribution >= 4 is 23.2 Å². The number of benzene rings is 1. The average Bonchev–Trinajstić information content (AvgIpc) is 3.28. The summed E-state index contributed by atoms with van der Waals surface area (Å²) < 4.78 is 11.2. The van der Waals surface area contributed by atoms with Crippen LogP contribution in [-0.2, 0) is 4.79 Å². The first-order chi connectivity index (χ1) is 14.6. The van der Waals surface area contributed by atoms with Gasteiger partial charge in [0.15, 0.2) is 23.9 Å². The second kappa shape index (κ2) is 8.24. The second-order valence-corrected chi connectivity index (χ2v) is 6.60. The third kappa shape index (κ3) is 3.57. The minimum atomic E-state index is -0.253. The van der Waals surface area contributed by atoms with E-state index in [9.17, 15) is 9.59 Å². The van der Waals surface area contributed by atoms with Gasteiger partial charge in [-0.15, -0.1) is 0 Å². The van der Waals surface area contributed by atoms with Crippen molar-refractivity contribution in [1.29, 1.82) is 0 Å². The fourth-order valence-corrected chi connectivity index (χ4v) is 3.34. The fourth-order valence-electron chi connectivity index (χ4n) is 3.34. The average molecular weight is 407 g/mol. The molecule has 0 saturated heterocycles. The summed E-state index contributed by atoms with van der Waals surface area (Å²) >= 11 is 0. The SMILES string of the molecule is CNC(=O)COc1ccc2c(c1OC)NC(=CC(=O)c1cccnc1)N1CCN=C21. The maximum Gasteiger partial charge on any atom is 0.257 e. The number of nitrogens with zero attached hydrogens (tertiary/aromatic N) is 3. The molecule has 2 aliphatic heterocycles. The minimum absolute atomic E-state index is 0.138. The van der Waals surface area contributed by atoms with E-state index in [1.165, 1.54) is 19.4 Å². The van der Waals surface area contributed by atoms with Gasteiger partial charge in [-0.1, -0.05) is 0 Å². The van der Waals surface area contributed by atoms with Crippen molar-refractivity contribution < 1.29 is 19.1 Å². The van der Waals surface area contributed by atoms with Crippen LogP contribution in [-0.4, -0.2) is 61.3 Å². The predicted molar refractivity (Wildman–Crippen MR) is 111 cm³/mol. The van der Waals surface area contributed by atoms with Gasteiger partial charge in [0.2, 0.25) is 0 Å². The molecule has 2 aromatic rings. The van der Waals surface area contributed by atoms with E-state index in [0.717, 1.165) is 11.4 Å². The number of hydrogen-bond donors (Lipinski definition) is 2. The normalized spacial score (nSPS) is 15.6. The van der Waals surface area contributed by atoms with E-state index in [2.05, 4.69) is 20.6 Å². The highest BCUT2D eigenvalue weighted by molar-refractivity contribution is 6.11. The number of allylic oxidation sites excluding steroid dienone is 1. The molecule has 1 aromatic heterocycles. The first kappa shape index (κ1) is 19.4. The van der Waals surface area contributed by atoms with Gasteiger partial charge in [0, 0.05) is 43.2 Å². The highest BCUT2D eigenvalue weighted by Gasteiger charge is 2.33. The van der Waals surface area contributed by atoms with Crippen molar-refractivity contribution in [2.24, 2.45) is 4.99 Å². The van der Waals surface area contributed by atoms with Crippen molar-refractivity contribution in [2.45, 2.75) is 0 Å². The number of ketones is 1. The fraction of sp³-hybridized carbons (Fsp3) is 0.238. The molecule has 0 fully saturated rings. The van der Waals surface area contributed by atoms with E-state index in [0.29, 0.717) is 41.7 Å². The van der Waals surface area contributed by atoms with E-state index in [-0.39, 0.29) is 18.3 Å². The van der Waals surface area contributed by atoms with E-state index in [1.807, 2.05) is 11.0 Å². The highest BCUT2D eigenvalue weighted by atomic mass is 16.5. The minimum Gasteiger partial charge on any atom is -0.491 e. The number of aromatic nitrogens is 1. The Morgan fingerprint density at radius 2 is 2.20 bits per heavy atom. The summed E-state index contributed by atoms with van der Waals surface area (Å²) in [6.45, 7) is 1.14. The number of carbonyl (C=O) groups is 2. The van der Waals surface area contributed by atoms with E-state index < -0.39 is 0 Å². The molecule has 0 saturated carbocycles. The summed E-state index contributed by atoms with van der Waals surface area (Å²) in [5.41, 5.74) is 1.96. The van der Waals surface area contributed by atoms with Crippen LogP contribution in [0.3, 0.4) is 0 Å². The van der Waals surface area contributed by atoms with Crippen LogP contribution >= 0.6 is 0 Å². The number of methoxy groups -OCH3 is 1. The predicted octanol–water partition coefficient (Wildman–Crippen LogP) is 1.43. The zero-order chi connectivity index (χ0) is 21.1. The molecule has 1 amide bonds. The maximum atomic E-state index is 12.7. The number of likely N-dealkylation sites (N-methyl/N-ethyl adjacent to an activating group) is 1. The lowest BCUT2D eigenvalue weighted by atomic mass is 10.1. The molecule has 154 valence electrons. The van der Waals surface area contributed by atoms with Crippen molar-refractivity contribution in [3.8, 4) is 11.5 Å². The van der Waals surface area contributed by atoms with E-state index in [1.54, 1.807) is 31.4 Å². The zero-order valence-electron chi connectivity index (χ0n) is 16.6. The van der Waals surface area contributed by atoms with Gasteiger partial charge in [0.1, 0.15) is 11.7 Å². The van der Waals surface area contributed by atoms with E-state index >= 15 is 0 Å². The lowest BCUT2D eigenvalue weighted by Gasteiger charge is -2.32. The number of nitrogens with one attached hydrogen (secondary N) is 2. The molecule has 0 spiro atoms. The number of ether oxygens (including phenoxy) is 2. The van der Waals surface area contributed by atoms with Gasteiger partial charge in [-0.05, 0) is 24.3 Å². The van der Waals surface area contributed by atoms with Crippen LogP contribution in [0.5, 0.6) is 11.5 Å². The lowest BCUT2D eigenvalue weighted by Crippen LogP contribution is -2.36. The summed E-state index contributed by atoms with van der Waals surface area (Å²) in [6.07, 6.45) is 4.67. The maximum absolute atomic E-state index is 12.7. The molecule has 1 aromatic carbocycles. The molecule has 3 heterocycles. The van der Waals surface area contributed by atoms with Gasteiger partial charge < -0.3 is 25.0 Å². The van der Waals surface area contributed by atoms with Gasteiger partial charge in [0.25, 0.3) is 5.91 Å². The number of pyridine rings is 1. The quantitative estimate of drug-likeness (QED) is 0.551. The number of carbonyl (C=O) groups excluding carboxylic acids is 2. The monoisotopic (exact) mass is 407 g/mol. The zero-order valence-corrected chi connectivity index (χ0v) is 16.6. The molecule has 0 radical (unpaired) electrons. The van der Waals surface area contributed by atoms with Gasteiger partial charge in [-0.25, -0.2) is 0 Å².